The summed E-state index contributed by atoms with van der Waals surface area (Å²) in [4.78, 5) is 0. The molecule has 0 aromatic carbocycles. The van der Waals surface area contributed by atoms with Crippen LogP contribution in [0.2, 0.25) is 0 Å². The first-order valence-electron chi connectivity index (χ1n) is 5.75. The minimum Gasteiger partial charge on any atom is -0.262 e. The van der Waals surface area contributed by atoms with Gasteiger partial charge in [0.2, 0.25) is 0 Å². The molecule has 17 heavy (non-hydrogen) atoms. The zero-order valence-electron chi connectivity index (χ0n) is 9.88. The number of hydrogen-bond donors (Lipinski definition) is 0. The lowest BCUT2D eigenvalue weighted by atomic mass is 10.1. The average molecular weight is 244 g/mol. The Morgan fingerprint density at radius 1 is 1.35 bits per heavy atom. The van der Waals surface area contributed by atoms with Crippen molar-refractivity contribution in [1.29, 1.82) is 0 Å². The molecule has 0 N–H and O–H groups in total. The zero-order chi connectivity index (χ0) is 12.6. The summed E-state index contributed by atoms with van der Waals surface area (Å²) in [6, 6.07) is 1.10. The molecule has 1 heterocycles. The predicted molar refractivity (Wildman–Crippen MR) is 59.4 cm³/mol. The first-order chi connectivity index (χ1) is 7.89. The van der Waals surface area contributed by atoms with Crippen molar-refractivity contribution in [2.45, 2.75) is 45.3 Å². The van der Waals surface area contributed by atoms with Gasteiger partial charge in [-0.3, -0.25) is 4.68 Å². The van der Waals surface area contributed by atoms with Crippen LogP contribution in [-0.4, -0.2) is 9.78 Å². The Kier molecular flexibility index (Phi) is 3.02. The summed E-state index contributed by atoms with van der Waals surface area (Å²) in [6.45, 7) is 3.68. The van der Waals surface area contributed by atoms with Gasteiger partial charge in [-0.1, -0.05) is 6.08 Å². The molecule has 0 spiro atoms. The van der Waals surface area contributed by atoms with E-state index in [2.05, 4.69) is 5.10 Å². The molecule has 0 amide bonds. The summed E-state index contributed by atoms with van der Waals surface area (Å²) >= 11 is 0. The van der Waals surface area contributed by atoms with Gasteiger partial charge in [-0.25, -0.2) is 0 Å². The number of alkyl halides is 3. The van der Waals surface area contributed by atoms with Crippen molar-refractivity contribution in [3.05, 3.63) is 23.5 Å². The molecule has 1 aromatic heterocycles. The van der Waals surface area contributed by atoms with E-state index in [0.717, 1.165) is 30.9 Å². The predicted octanol–water partition coefficient (Wildman–Crippen LogP) is 4.05. The molecule has 5 heteroatoms. The summed E-state index contributed by atoms with van der Waals surface area (Å²) < 4.78 is 39.4. The van der Waals surface area contributed by atoms with E-state index in [9.17, 15) is 13.2 Å². The molecule has 0 unspecified atom stereocenters. The van der Waals surface area contributed by atoms with Crippen LogP contribution in [0.4, 0.5) is 13.2 Å². The minimum atomic E-state index is -4.37. The van der Waals surface area contributed by atoms with Crippen molar-refractivity contribution >= 4 is 5.57 Å². The number of aromatic nitrogens is 2. The van der Waals surface area contributed by atoms with Crippen LogP contribution in [0.15, 0.2) is 12.1 Å². The molecule has 0 radical (unpaired) electrons. The Morgan fingerprint density at radius 3 is 2.53 bits per heavy atom. The third kappa shape index (κ3) is 2.37. The SMILES string of the molecule is CC(C)n1nc(C(F)(F)F)cc1C1=CCCC1. The van der Waals surface area contributed by atoms with Crippen LogP contribution < -0.4 is 0 Å². The number of hydrogen-bond acceptors (Lipinski definition) is 1. The van der Waals surface area contributed by atoms with Gasteiger partial charge in [-0.05, 0) is 44.7 Å². The Hall–Kier alpha value is -1.26. The van der Waals surface area contributed by atoms with Crippen LogP contribution in [-0.2, 0) is 6.18 Å². The third-order valence-electron chi connectivity index (χ3n) is 2.89. The maximum absolute atomic E-state index is 12.6. The van der Waals surface area contributed by atoms with Gasteiger partial charge >= 0.3 is 6.18 Å². The second-order valence-corrected chi connectivity index (χ2v) is 4.57. The highest BCUT2D eigenvalue weighted by Gasteiger charge is 2.35. The smallest absolute Gasteiger partial charge is 0.262 e. The summed E-state index contributed by atoms with van der Waals surface area (Å²) in [5.74, 6) is 0. The lowest BCUT2D eigenvalue weighted by molar-refractivity contribution is -0.141. The van der Waals surface area contributed by atoms with Crippen LogP contribution in [0.1, 0.15) is 50.5 Å². The van der Waals surface area contributed by atoms with E-state index >= 15 is 0 Å². The van der Waals surface area contributed by atoms with Gasteiger partial charge in [0.05, 0.1) is 5.69 Å². The number of halogens is 3. The van der Waals surface area contributed by atoms with E-state index in [0.29, 0.717) is 5.69 Å². The van der Waals surface area contributed by atoms with Crippen LogP contribution in [0.25, 0.3) is 5.57 Å². The van der Waals surface area contributed by atoms with Crippen molar-refractivity contribution in [2.75, 3.05) is 0 Å². The molecular formula is C12H15F3N2. The van der Waals surface area contributed by atoms with Gasteiger partial charge in [0.15, 0.2) is 5.69 Å². The maximum atomic E-state index is 12.6. The molecular weight excluding hydrogens is 229 g/mol. The largest absolute Gasteiger partial charge is 0.435 e. The maximum Gasteiger partial charge on any atom is 0.435 e. The van der Waals surface area contributed by atoms with Gasteiger partial charge in [0.1, 0.15) is 0 Å². The summed E-state index contributed by atoms with van der Waals surface area (Å²) in [7, 11) is 0. The molecule has 1 aliphatic rings. The first-order valence-corrected chi connectivity index (χ1v) is 5.75. The Balaban J connectivity index is 2.46. The second kappa shape index (κ2) is 4.20. The first kappa shape index (κ1) is 12.2. The molecule has 0 saturated carbocycles. The zero-order valence-corrected chi connectivity index (χ0v) is 9.88. The second-order valence-electron chi connectivity index (χ2n) is 4.57. The molecule has 0 bridgehead atoms. The fraction of sp³-hybridized carbons (Fsp3) is 0.583. The summed E-state index contributed by atoms with van der Waals surface area (Å²) in [6.07, 6.45) is 0.444. The van der Waals surface area contributed by atoms with Crippen molar-refractivity contribution in [1.82, 2.24) is 9.78 Å². The van der Waals surface area contributed by atoms with Gasteiger partial charge in [-0.2, -0.15) is 18.3 Å². The molecule has 1 aromatic rings. The van der Waals surface area contributed by atoms with Gasteiger partial charge in [-0.15, -0.1) is 0 Å². The Bertz CT molecular complexity index is 441. The highest BCUT2D eigenvalue weighted by Crippen LogP contribution is 2.34. The summed E-state index contributed by atoms with van der Waals surface area (Å²) in [5.41, 5.74) is 0.806. The Labute approximate surface area is 98.1 Å². The molecule has 0 aliphatic heterocycles. The Morgan fingerprint density at radius 2 is 2.06 bits per heavy atom. The molecule has 0 fully saturated rings. The van der Waals surface area contributed by atoms with Crippen molar-refractivity contribution in [3.8, 4) is 0 Å². The fourth-order valence-electron chi connectivity index (χ4n) is 2.07. The minimum absolute atomic E-state index is 0.0670. The van der Waals surface area contributed by atoms with E-state index < -0.39 is 11.9 Å². The quantitative estimate of drug-likeness (QED) is 0.767. The van der Waals surface area contributed by atoms with E-state index in [1.807, 2.05) is 19.9 Å². The molecule has 0 atom stereocenters. The van der Waals surface area contributed by atoms with Crippen molar-refractivity contribution in [3.63, 3.8) is 0 Å². The van der Waals surface area contributed by atoms with Crippen LogP contribution in [0.3, 0.4) is 0 Å². The normalized spacial score (nSPS) is 16.7. The monoisotopic (exact) mass is 244 g/mol. The molecule has 1 aliphatic carbocycles. The highest BCUT2D eigenvalue weighted by atomic mass is 19.4. The standard InChI is InChI=1S/C12H15F3N2/c1-8(2)17-10(9-5-3-4-6-9)7-11(16-17)12(13,14)15/h5,7-8H,3-4,6H2,1-2H3. The van der Waals surface area contributed by atoms with E-state index in [1.165, 1.54) is 4.68 Å². The number of allylic oxidation sites excluding steroid dienone is 2. The summed E-state index contributed by atoms with van der Waals surface area (Å²) in [5, 5.41) is 3.68. The van der Waals surface area contributed by atoms with Crippen molar-refractivity contribution < 1.29 is 13.2 Å². The molecule has 94 valence electrons. The van der Waals surface area contributed by atoms with Crippen LogP contribution in [0.5, 0.6) is 0 Å². The van der Waals surface area contributed by atoms with Crippen LogP contribution in [0, 0.1) is 0 Å². The highest BCUT2D eigenvalue weighted by molar-refractivity contribution is 5.65. The third-order valence-corrected chi connectivity index (χ3v) is 2.89. The van der Waals surface area contributed by atoms with Gasteiger partial charge in [0, 0.05) is 6.04 Å². The lowest BCUT2D eigenvalue weighted by Gasteiger charge is -2.11. The van der Waals surface area contributed by atoms with E-state index in [4.69, 9.17) is 0 Å². The molecule has 0 saturated heterocycles. The topological polar surface area (TPSA) is 17.8 Å². The molecule has 2 rings (SSSR count). The van der Waals surface area contributed by atoms with Crippen LogP contribution >= 0.6 is 0 Å². The van der Waals surface area contributed by atoms with E-state index in [1.54, 1.807) is 0 Å². The van der Waals surface area contributed by atoms with Crippen molar-refractivity contribution in [2.24, 2.45) is 0 Å². The average Bonchev–Trinajstić information content (AvgIpc) is 2.85. The number of rotatable bonds is 2. The lowest BCUT2D eigenvalue weighted by Crippen LogP contribution is -2.10. The van der Waals surface area contributed by atoms with Gasteiger partial charge < -0.3 is 0 Å². The van der Waals surface area contributed by atoms with Gasteiger partial charge in [0.25, 0.3) is 0 Å². The van der Waals surface area contributed by atoms with E-state index in [-0.39, 0.29) is 6.04 Å². The number of nitrogens with zero attached hydrogens (tertiary/aromatic N) is 2. The molecule has 2 nitrogen and oxygen atoms in total. The fourth-order valence-corrected chi connectivity index (χ4v) is 2.07.